The Kier molecular flexibility index (Phi) is 4.81. The molecule has 4 aliphatic carbocycles. The topological polar surface area (TPSA) is 70.9 Å². The summed E-state index contributed by atoms with van der Waals surface area (Å²) in [4.78, 5) is 13.4. The van der Waals surface area contributed by atoms with Crippen LogP contribution in [0, 0.1) is 47.3 Å². The van der Waals surface area contributed by atoms with E-state index in [4.69, 9.17) is 0 Å². The Morgan fingerprint density at radius 2 is 1.93 bits per heavy atom. The SMILES string of the molecule is CC[C@]12CC[C@H]3[C@@H](CC[C@@H]4C[C@](C)(O)CC[C@@]43C)[C@@H]1CC[C@@H]2C(=O)Cn1[nH]nc1C. The summed E-state index contributed by atoms with van der Waals surface area (Å²) >= 11 is 0. The summed E-state index contributed by atoms with van der Waals surface area (Å²) in [5, 5.41) is 17.7. The second-order valence-corrected chi connectivity index (χ2v) is 11.9. The van der Waals surface area contributed by atoms with Crippen molar-refractivity contribution in [2.24, 2.45) is 40.4 Å². The predicted molar refractivity (Wildman–Crippen MR) is 117 cm³/mol. The fourth-order valence-corrected chi connectivity index (χ4v) is 9.05. The van der Waals surface area contributed by atoms with Gasteiger partial charge in [-0.1, -0.05) is 13.8 Å². The molecule has 2 N–H and O–H groups in total. The van der Waals surface area contributed by atoms with E-state index in [1.807, 2.05) is 18.5 Å². The fraction of sp³-hybridized carbons (Fsp3) is 0.920. The number of aromatic nitrogens is 3. The summed E-state index contributed by atoms with van der Waals surface area (Å²) in [5.41, 5.74) is 0.149. The lowest BCUT2D eigenvalue weighted by Crippen LogP contribution is -2.56. The Morgan fingerprint density at radius 3 is 2.60 bits per heavy atom. The number of carbonyl (C=O) groups excluding carboxylic acids is 1. The molecule has 0 spiro atoms. The zero-order valence-electron chi connectivity index (χ0n) is 19.4. The summed E-state index contributed by atoms with van der Waals surface area (Å²) < 4.78 is 1.91. The third kappa shape index (κ3) is 2.90. The number of aliphatic hydroxyl groups is 1. The second-order valence-electron chi connectivity index (χ2n) is 11.9. The first kappa shape index (κ1) is 20.8. The minimum absolute atomic E-state index is 0.220. The molecule has 0 saturated heterocycles. The van der Waals surface area contributed by atoms with E-state index in [0.717, 1.165) is 49.3 Å². The molecule has 4 fully saturated rings. The monoisotopic (exact) mass is 415 g/mol. The van der Waals surface area contributed by atoms with Gasteiger partial charge in [-0.05, 0) is 113 Å². The van der Waals surface area contributed by atoms with E-state index in [9.17, 15) is 9.90 Å². The Hall–Kier alpha value is -1.10. The van der Waals surface area contributed by atoms with Crippen LogP contribution in [0.1, 0.15) is 90.8 Å². The largest absolute Gasteiger partial charge is 0.390 e. The van der Waals surface area contributed by atoms with Crippen LogP contribution in [0.15, 0.2) is 0 Å². The van der Waals surface area contributed by atoms with E-state index < -0.39 is 5.60 Å². The Labute approximate surface area is 181 Å². The summed E-state index contributed by atoms with van der Waals surface area (Å²) in [5.74, 6) is 4.54. The van der Waals surface area contributed by atoms with Crippen LogP contribution in [-0.2, 0) is 11.3 Å². The highest BCUT2D eigenvalue weighted by molar-refractivity contribution is 5.82. The second kappa shape index (κ2) is 6.95. The number of hydrogen-bond acceptors (Lipinski definition) is 3. The van der Waals surface area contributed by atoms with Gasteiger partial charge in [0.05, 0.1) is 5.60 Å². The lowest BCUT2D eigenvalue weighted by Gasteiger charge is -2.62. The third-order valence-corrected chi connectivity index (χ3v) is 10.8. The molecule has 8 atom stereocenters. The van der Waals surface area contributed by atoms with Gasteiger partial charge in [0.25, 0.3) is 0 Å². The molecule has 4 saturated carbocycles. The van der Waals surface area contributed by atoms with Gasteiger partial charge in [-0.15, -0.1) is 5.10 Å². The maximum absolute atomic E-state index is 13.4. The number of aryl methyl sites for hydroxylation is 1. The molecule has 1 heterocycles. The van der Waals surface area contributed by atoms with Crippen LogP contribution in [0.2, 0.25) is 0 Å². The zero-order valence-corrected chi connectivity index (χ0v) is 19.4. The average Bonchev–Trinajstić information content (AvgIpc) is 3.11. The van der Waals surface area contributed by atoms with E-state index >= 15 is 0 Å². The summed E-state index contributed by atoms with van der Waals surface area (Å²) in [6.45, 7) is 9.38. The average molecular weight is 416 g/mol. The molecule has 0 radical (unpaired) electrons. The first-order valence-corrected chi connectivity index (χ1v) is 12.5. The van der Waals surface area contributed by atoms with Gasteiger partial charge in [-0.25, -0.2) is 9.90 Å². The minimum atomic E-state index is -0.462. The number of ketones is 1. The predicted octanol–water partition coefficient (Wildman–Crippen LogP) is 4.89. The summed E-state index contributed by atoms with van der Waals surface area (Å²) in [6.07, 6.45) is 11.7. The molecule has 30 heavy (non-hydrogen) atoms. The standard InChI is InChI=1S/C25H41N3O2/c1-5-25-11-10-19-18(7-6-17-14-23(3,30)12-13-24(17,19)4)20(25)8-9-21(25)22(29)15-28-16(2)26-27-28/h17-21,27,30H,5-15H2,1-4H3/t17-,18-,19+,20+,21-,23-,24+,25+/m1/s1. The van der Waals surface area contributed by atoms with Crippen LogP contribution < -0.4 is 0 Å². The van der Waals surface area contributed by atoms with E-state index in [2.05, 4.69) is 24.2 Å². The van der Waals surface area contributed by atoms with Gasteiger partial charge in [0, 0.05) is 5.92 Å². The molecule has 4 aliphatic rings. The Morgan fingerprint density at radius 1 is 1.13 bits per heavy atom. The minimum Gasteiger partial charge on any atom is -0.390 e. The molecular weight excluding hydrogens is 374 g/mol. The highest BCUT2D eigenvalue weighted by Gasteiger charge is 2.62. The van der Waals surface area contributed by atoms with Crippen LogP contribution in [0.25, 0.3) is 0 Å². The number of fused-ring (bicyclic) bond motifs is 5. The Balaban J connectivity index is 1.38. The van der Waals surface area contributed by atoms with Gasteiger partial charge in [0.15, 0.2) is 5.78 Å². The van der Waals surface area contributed by atoms with E-state index in [0.29, 0.717) is 23.7 Å². The van der Waals surface area contributed by atoms with Crippen molar-refractivity contribution >= 4 is 5.78 Å². The smallest absolute Gasteiger partial charge is 0.157 e. The number of nitrogens with one attached hydrogen (secondary N) is 1. The molecule has 0 aromatic carbocycles. The van der Waals surface area contributed by atoms with Crippen molar-refractivity contribution in [2.45, 2.75) is 104 Å². The van der Waals surface area contributed by atoms with Crippen molar-refractivity contribution in [1.82, 2.24) is 15.0 Å². The third-order valence-electron chi connectivity index (χ3n) is 10.8. The quantitative estimate of drug-likeness (QED) is 0.735. The number of hydrogen-bond donors (Lipinski definition) is 2. The van der Waals surface area contributed by atoms with Crippen molar-refractivity contribution in [3.8, 4) is 0 Å². The maximum atomic E-state index is 13.4. The molecule has 5 nitrogen and oxygen atoms in total. The number of aromatic amines is 1. The van der Waals surface area contributed by atoms with Crippen molar-refractivity contribution in [1.29, 1.82) is 0 Å². The van der Waals surface area contributed by atoms with Gasteiger partial charge in [-0.3, -0.25) is 4.79 Å². The zero-order chi connectivity index (χ0) is 21.3. The van der Waals surface area contributed by atoms with Gasteiger partial charge in [0.1, 0.15) is 12.4 Å². The first-order chi connectivity index (χ1) is 14.2. The van der Waals surface area contributed by atoms with Crippen LogP contribution in [0.4, 0.5) is 0 Å². The highest BCUT2D eigenvalue weighted by Crippen LogP contribution is 2.69. The molecular formula is C25H41N3O2. The Bertz CT molecular complexity index is 810. The lowest BCUT2D eigenvalue weighted by atomic mass is 9.43. The van der Waals surface area contributed by atoms with E-state index in [1.54, 1.807) is 0 Å². The number of nitrogens with zero attached hydrogens (tertiary/aromatic N) is 2. The highest BCUT2D eigenvalue weighted by atomic mass is 16.3. The van der Waals surface area contributed by atoms with Gasteiger partial charge in [-0.2, -0.15) is 0 Å². The van der Waals surface area contributed by atoms with Crippen molar-refractivity contribution in [3.63, 3.8) is 0 Å². The molecule has 0 bridgehead atoms. The molecule has 5 rings (SSSR count). The number of H-pyrrole nitrogens is 1. The fourth-order valence-electron chi connectivity index (χ4n) is 9.05. The number of carbonyl (C=O) groups is 1. The van der Waals surface area contributed by atoms with Crippen LogP contribution in [0.3, 0.4) is 0 Å². The van der Waals surface area contributed by atoms with Crippen molar-refractivity contribution in [2.75, 3.05) is 0 Å². The number of Topliss-reactive ketones (excluding diaryl/α,β-unsaturated/α-hetero) is 1. The van der Waals surface area contributed by atoms with E-state index in [1.165, 1.54) is 38.5 Å². The number of rotatable bonds is 4. The molecule has 1 aromatic rings. The van der Waals surface area contributed by atoms with Crippen LogP contribution in [0.5, 0.6) is 0 Å². The molecule has 0 aliphatic heterocycles. The first-order valence-electron chi connectivity index (χ1n) is 12.5. The molecule has 5 heteroatoms. The molecule has 1 aromatic heterocycles. The summed E-state index contributed by atoms with van der Waals surface area (Å²) in [6, 6.07) is 0. The molecule has 0 unspecified atom stereocenters. The summed E-state index contributed by atoms with van der Waals surface area (Å²) in [7, 11) is 0. The lowest BCUT2D eigenvalue weighted by molar-refractivity contribution is -0.154. The maximum Gasteiger partial charge on any atom is 0.157 e. The van der Waals surface area contributed by atoms with Crippen molar-refractivity contribution < 1.29 is 9.90 Å². The van der Waals surface area contributed by atoms with E-state index in [-0.39, 0.29) is 11.3 Å². The molecule has 0 amide bonds. The van der Waals surface area contributed by atoms with Gasteiger partial charge < -0.3 is 5.11 Å². The van der Waals surface area contributed by atoms with Gasteiger partial charge >= 0.3 is 0 Å². The van der Waals surface area contributed by atoms with Crippen LogP contribution in [-0.4, -0.2) is 31.5 Å². The van der Waals surface area contributed by atoms with Gasteiger partial charge in [0.2, 0.25) is 0 Å². The van der Waals surface area contributed by atoms with Crippen LogP contribution >= 0.6 is 0 Å². The van der Waals surface area contributed by atoms with Crippen molar-refractivity contribution in [3.05, 3.63) is 5.82 Å². The normalized spacial score (nSPS) is 48.1. The molecule has 168 valence electrons.